The van der Waals surface area contributed by atoms with Crippen LogP contribution >= 0.6 is 0 Å². The van der Waals surface area contributed by atoms with Gasteiger partial charge >= 0.3 is 0 Å². The van der Waals surface area contributed by atoms with E-state index in [1.54, 1.807) is 0 Å². The van der Waals surface area contributed by atoms with Crippen LogP contribution in [-0.2, 0) is 5.41 Å². The molecule has 5 heteroatoms. The molecule has 0 saturated carbocycles. The summed E-state index contributed by atoms with van der Waals surface area (Å²) >= 11 is 0. The lowest BCUT2D eigenvalue weighted by Gasteiger charge is -2.21. The van der Waals surface area contributed by atoms with Crippen LogP contribution in [0.5, 0.6) is 0 Å². The predicted octanol–water partition coefficient (Wildman–Crippen LogP) is 12.2. The molecule has 0 radical (unpaired) electrons. The number of hydrogen-bond acceptors (Lipinski definition) is 4. The van der Waals surface area contributed by atoms with E-state index in [1.807, 2.05) is 30.3 Å². The summed E-state index contributed by atoms with van der Waals surface area (Å²) in [6, 6.07) is 55.3. The first-order valence-corrected chi connectivity index (χ1v) is 18.0. The molecule has 1 aliphatic carbocycles. The lowest BCUT2D eigenvalue weighted by atomic mass is 9.82. The standard InChI is InChI=1S/C48H32N4O/c1-48(2)39-23-9-6-18-32(39)37-28-42-38(27-40(37)48)33-19-7-10-24-41(33)52(42)47-50-45(31-17-12-16-30(26-31)29-14-4-3-5-15-29)49-46(51-47)36-22-13-21-35-34-20-8-11-25-43(34)53-44(35)36/h3-28H,1-2H3. The highest BCUT2D eigenvalue weighted by molar-refractivity contribution is 6.12. The van der Waals surface area contributed by atoms with E-state index in [0.717, 1.165) is 60.6 Å². The van der Waals surface area contributed by atoms with Crippen LogP contribution in [0.4, 0.5) is 0 Å². The van der Waals surface area contributed by atoms with Crippen LogP contribution in [0.25, 0.3) is 94.7 Å². The number of para-hydroxylation sites is 3. The largest absolute Gasteiger partial charge is 0.455 e. The second-order valence-corrected chi connectivity index (χ2v) is 14.4. The first kappa shape index (κ1) is 29.8. The van der Waals surface area contributed by atoms with Gasteiger partial charge in [-0.05, 0) is 69.8 Å². The lowest BCUT2D eigenvalue weighted by molar-refractivity contribution is 0.661. The number of benzene rings is 7. The summed E-state index contributed by atoms with van der Waals surface area (Å²) in [6.45, 7) is 4.66. The van der Waals surface area contributed by atoms with Gasteiger partial charge in [0.05, 0.1) is 16.6 Å². The minimum atomic E-state index is -0.119. The van der Waals surface area contributed by atoms with Crippen molar-refractivity contribution in [2.45, 2.75) is 19.3 Å². The second-order valence-electron chi connectivity index (χ2n) is 14.4. The SMILES string of the molecule is CC1(C)c2ccccc2-c2cc3c(cc21)c1ccccc1n3-c1nc(-c2cccc(-c3ccccc3)c2)nc(-c2cccc3c2oc2ccccc23)n1. The zero-order chi connectivity index (χ0) is 35.3. The summed E-state index contributed by atoms with van der Waals surface area (Å²) in [4.78, 5) is 15.8. The molecule has 0 aliphatic heterocycles. The van der Waals surface area contributed by atoms with Crippen molar-refractivity contribution >= 4 is 43.7 Å². The van der Waals surface area contributed by atoms with Crippen LogP contribution in [0.15, 0.2) is 162 Å². The highest BCUT2D eigenvalue weighted by atomic mass is 16.3. The van der Waals surface area contributed by atoms with Crippen molar-refractivity contribution in [3.63, 3.8) is 0 Å². The molecule has 0 saturated heterocycles. The molecule has 250 valence electrons. The zero-order valence-corrected chi connectivity index (χ0v) is 29.2. The Bertz CT molecular complexity index is 3100. The molecule has 0 N–H and O–H groups in total. The predicted molar refractivity (Wildman–Crippen MR) is 215 cm³/mol. The Morgan fingerprint density at radius 2 is 1.13 bits per heavy atom. The average Bonchev–Trinajstić information content (AvgIpc) is 3.83. The Hall–Kier alpha value is -6.85. The molecular weight excluding hydrogens is 649 g/mol. The van der Waals surface area contributed by atoms with Crippen molar-refractivity contribution in [2.75, 3.05) is 0 Å². The number of fused-ring (bicyclic) bond motifs is 9. The Balaban J connectivity index is 1.21. The Kier molecular flexibility index (Phi) is 6.23. The minimum absolute atomic E-state index is 0.119. The van der Waals surface area contributed by atoms with Crippen LogP contribution in [0, 0.1) is 0 Å². The highest BCUT2D eigenvalue weighted by Crippen LogP contribution is 2.51. The molecule has 1 aliphatic rings. The monoisotopic (exact) mass is 680 g/mol. The fourth-order valence-electron chi connectivity index (χ4n) is 8.48. The molecule has 0 fully saturated rings. The molecule has 0 amide bonds. The molecule has 0 bridgehead atoms. The first-order valence-electron chi connectivity index (χ1n) is 18.0. The molecule has 11 rings (SSSR count). The molecule has 0 spiro atoms. The molecule has 10 aromatic rings. The summed E-state index contributed by atoms with van der Waals surface area (Å²) in [5, 5.41) is 4.43. The molecule has 0 atom stereocenters. The summed E-state index contributed by atoms with van der Waals surface area (Å²) in [7, 11) is 0. The fourth-order valence-corrected chi connectivity index (χ4v) is 8.48. The van der Waals surface area contributed by atoms with Gasteiger partial charge in [-0.1, -0.05) is 135 Å². The van der Waals surface area contributed by atoms with E-state index in [4.69, 9.17) is 19.4 Å². The van der Waals surface area contributed by atoms with Gasteiger partial charge < -0.3 is 4.42 Å². The van der Waals surface area contributed by atoms with Crippen LogP contribution in [0.3, 0.4) is 0 Å². The van der Waals surface area contributed by atoms with Gasteiger partial charge in [-0.25, -0.2) is 4.98 Å². The summed E-state index contributed by atoms with van der Waals surface area (Å²) < 4.78 is 8.74. The summed E-state index contributed by atoms with van der Waals surface area (Å²) in [5.74, 6) is 1.70. The number of furan rings is 1. The van der Waals surface area contributed by atoms with Gasteiger partial charge in [-0.3, -0.25) is 4.57 Å². The first-order chi connectivity index (χ1) is 26.0. The van der Waals surface area contributed by atoms with E-state index in [-0.39, 0.29) is 5.41 Å². The van der Waals surface area contributed by atoms with E-state index < -0.39 is 0 Å². The van der Waals surface area contributed by atoms with Crippen molar-refractivity contribution in [1.82, 2.24) is 19.5 Å². The van der Waals surface area contributed by atoms with Gasteiger partial charge in [0.1, 0.15) is 11.2 Å². The van der Waals surface area contributed by atoms with E-state index >= 15 is 0 Å². The molecule has 0 unspecified atom stereocenters. The Morgan fingerprint density at radius 1 is 0.453 bits per heavy atom. The number of aromatic nitrogens is 4. The van der Waals surface area contributed by atoms with Crippen molar-refractivity contribution < 1.29 is 4.42 Å². The van der Waals surface area contributed by atoms with Crippen molar-refractivity contribution in [3.05, 3.63) is 169 Å². The summed E-state index contributed by atoms with van der Waals surface area (Å²) in [6.07, 6.45) is 0. The van der Waals surface area contributed by atoms with Gasteiger partial charge in [-0.2, -0.15) is 9.97 Å². The molecule has 53 heavy (non-hydrogen) atoms. The molecule has 5 nitrogen and oxygen atoms in total. The molecule has 3 heterocycles. The highest BCUT2D eigenvalue weighted by Gasteiger charge is 2.36. The van der Waals surface area contributed by atoms with Gasteiger partial charge in [0.25, 0.3) is 0 Å². The molecule has 7 aromatic carbocycles. The van der Waals surface area contributed by atoms with Crippen molar-refractivity contribution in [1.29, 1.82) is 0 Å². The Morgan fingerprint density at radius 3 is 2.04 bits per heavy atom. The third-order valence-corrected chi connectivity index (χ3v) is 11.1. The molecule has 3 aromatic heterocycles. The van der Waals surface area contributed by atoms with E-state index in [2.05, 4.69) is 146 Å². The van der Waals surface area contributed by atoms with Crippen molar-refractivity contribution in [2.24, 2.45) is 0 Å². The quantitative estimate of drug-likeness (QED) is 0.186. The van der Waals surface area contributed by atoms with E-state index in [1.165, 1.54) is 27.6 Å². The normalized spacial score (nSPS) is 13.2. The number of nitrogens with zero attached hydrogens (tertiary/aromatic N) is 4. The number of rotatable bonds is 4. The minimum Gasteiger partial charge on any atom is -0.455 e. The third kappa shape index (κ3) is 4.40. The maximum absolute atomic E-state index is 6.53. The van der Waals surface area contributed by atoms with Gasteiger partial charge in [-0.15, -0.1) is 0 Å². The maximum atomic E-state index is 6.53. The van der Waals surface area contributed by atoms with E-state index in [9.17, 15) is 0 Å². The van der Waals surface area contributed by atoms with E-state index in [0.29, 0.717) is 17.6 Å². The van der Waals surface area contributed by atoms with Gasteiger partial charge in [0, 0.05) is 32.5 Å². The van der Waals surface area contributed by atoms with Crippen LogP contribution in [-0.4, -0.2) is 19.5 Å². The second kappa shape index (κ2) is 11.1. The van der Waals surface area contributed by atoms with Gasteiger partial charge in [0.15, 0.2) is 11.6 Å². The zero-order valence-electron chi connectivity index (χ0n) is 29.2. The van der Waals surface area contributed by atoms with Crippen LogP contribution in [0.2, 0.25) is 0 Å². The Labute approximate surface area is 305 Å². The van der Waals surface area contributed by atoms with Gasteiger partial charge in [0.2, 0.25) is 5.95 Å². The number of hydrogen-bond donors (Lipinski definition) is 0. The topological polar surface area (TPSA) is 56.7 Å². The van der Waals surface area contributed by atoms with Crippen LogP contribution in [0.1, 0.15) is 25.0 Å². The summed E-state index contributed by atoms with van der Waals surface area (Å²) in [5.41, 5.74) is 12.7. The third-order valence-electron chi connectivity index (χ3n) is 11.1. The fraction of sp³-hybridized carbons (Fsp3) is 0.0625. The van der Waals surface area contributed by atoms with Crippen molar-refractivity contribution in [3.8, 4) is 51.0 Å². The smallest absolute Gasteiger partial charge is 0.238 e. The van der Waals surface area contributed by atoms with Crippen LogP contribution < -0.4 is 0 Å². The average molecular weight is 681 g/mol. The molecular formula is C48H32N4O. The lowest BCUT2D eigenvalue weighted by Crippen LogP contribution is -2.14. The maximum Gasteiger partial charge on any atom is 0.238 e.